The van der Waals surface area contributed by atoms with Crippen LogP contribution in [-0.4, -0.2) is 22.7 Å². The van der Waals surface area contributed by atoms with E-state index >= 15 is 0 Å². The lowest BCUT2D eigenvalue weighted by molar-refractivity contribution is -0.120. The number of carbonyl (C=O) groups excluding carboxylic acids is 1. The standard InChI is InChI=1S/C11H15BrN2OS/c1-3-6-13-11(15)8(2)16-10-5-4-9(12)7-14-10/h4-5,7-8H,3,6H2,1-2H3,(H,13,15). The van der Waals surface area contributed by atoms with Gasteiger partial charge >= 0.3 is 0 Å². The Labute approximate surface area is 109 Å². The molecule has 0 aliphatic rings. The number of hydrogen-bond acceptors (Lipinski definition) is 3. The first-order chi connectivity index (χ1) is 7.63. The number of carbonyl (C=O) groups is 1. The van der Waals surface area contributed by atoms with E-state index in [1.807, 2.05) is 26.0 Å². The van der Waals surface area contributed by atoms with Gasteiger partial charge in [-0.2, -0.15) is 0 Å². The molecular formula is C11H15BrN2OS. The average molecular weight is 303 g/mol. The monoisotopic (exact) mass is 302 g/mol. The molecule has 1 N–H and O–H groups in total. The van der Waals surface area contributed by atoms with Crippen LogP contribution >= 0.6 is 27.7 Å². The minimum atomic E-state index is -0.111. The Morgan fingerprint density at radius 2 is 2.38 bits per heavy atom. The van der Waals surface area contributed by atoms with Gasteiger partial charge in [0, 0.05) is 17.2 Å². The molecule has 1 amide bonds. The molecule has 1 aromatic rings. The molecular weight excluding hydrogens is 288 g/mol. The van der Waals surface area contributed by atoms with Gasteiger partial charge < -0.3 is 5.32 Å². The first-order valence-electron chi connectivity index (χ1n) is 5.19. The summed E-state index contributed by atoms with van der Waals surface area (Å²) < 4.78 is 0.944. The number of pyridine rings is 1. The Hall–Kier alpha value is -0.550. The van der Waals surface area contributed by atoms with Gasteiger partial charge in [-0.05, 0) is 41.4 Å². The van der Waals surface area contributed by atoms with Crippen molar-refractivity contribution in [3.8, 4) is 0 Å². The fourth-order valence-corrected chi connectivity index (χ4v) is 2.11. The lowest BCUT2D eigenvalue weighted by Gasteiger charge is -2.10. The normalized spacial score (nSPS) is 12.2. The summed E-state index contributed by atoms with van der Waals surface area (Å²) in [5, 5.41) is 3.62. The molecule has 0 radical (unpaired) electrons. The smallest absolute Gasteiger partial charge is 0.233 e. The van der Waals surface area contributed by atoms with Crippen LogP contribution in [0.1, 0.15) is 20.3 Å². The molecule has 3 nitrogen and oxygen atoms in total. The van der Waals surface area contributed by atoms with Gasteiger partial charge in [0.1, 0.15) is 0 Å². The van der Waals surface area contributed by atoms with E-state index in [4.69, 9.17) is 0 Å². The highest BCUT2D eigenvalue weighted by atomic mass is 79.9. The third-order valence-electron chi connectivity index (χ3n) is 1.92. The second-order valence-electron chi connectivity index (χ2n) is 3.37. The highest BCUT2D eigenvalue weighted by Gasteiger charge is 2.13. The van der Waals surface area contributed by atoms with Crippen molar-refractivity contribution in [3.63, 3.8) is 0 Å². The van der Waals surface area contributed by atoms with Crippen LogP contribution in [0.25, 0.3) is 0 Å². The fourth-order valence-electron chi connectivity index (χ4n) is 1.06. The molecule has 0 spiro atoms. The largest absolute Gasteiger partial charge is 0.355 e. The van der Waals surface area contributed by atoms with E-state index in [1.54, 1.807) is 6.20 Å². The highest BCUT2D eigenvalue weighted by Crippen LogP contribution is 2.22. The molecule has 5 heteroatoms. The van der Waals surface area contributed by atoms with Gasteiger partial charge in [-0.3, -0.25) is 4.79 Å². The molecule has 1 heterocycles. The van der Waals surface area contributed by atoms with Gasteiger partial charge in [-0.1, -0.05) is 18.7 Å². The lowest BCUT2D eigenvalue weighted by atomic mass is 10.4. The first kappa shape index (κ1) is 13.5. The molecule has 0 saturated heterocycles. The number of aromatic nitrogens is 1. The SMILES string of the molecule is CCCNC(=O)C(C)Sc1ccc(Br)cn1. The van der Waals surface area contributed by atoms with Gasteiger partial charge in [0.25, 0.3) is 0 Å². The highest BCUT2D eigenvalue weighted by molar-refractivity contribution is 9.10. The van der Waals surface area contributed by atoms with Gasteiger partial charge in [-0.25, -0.2) is 4.98 Å². The molecule has 0 bridgehead atoms. The molecule has 0 saturated carbocycles. The maximum Gasteiger partial charge on any atom is 0.233 e. The van der Waals surface area contributed by atoms with Crippen LogP contribution in [0.4, 0.5) is 0 Å². The summed E-state index contributed by atoms with van der Waals surface area (Å²) in [6.45, 7) is 4.66. The van der Waals surface area contributed by atoms with E-state index < -0.39 is 0 Å². The van der Waals surface area contributed by atoms with Crippen molar-refractivity contribution in [1.29, 1.82) is 0 Å². The minimum Gasteiger partial charge on any atom is -0.355 e. The van der Waals surface area contributed by atoms with Crippen molar-refractivity contribution in [2.45, 2.75) is 30.5 Å². The van der Waals surface area contributed by atoms with E-state index in [-0.39, 0.29) is 11.2 Å². The second kappa shape index (κ2) is 6.91. The third-order valence-corrected chi connectivity index (χ3v) is 3.44. The molecule has 1 unspecified atom stereocenters. The lowest BCUT2D eigenvalue weighted by Crippen LogP contribution is -2.31. The summed E-state index contributed by atoms with van der Waals surface area (Å²) in [4.78, 5) is 15.8. The van der Waals surface area contributed by atoms with Gasteiger partial charge in [0.2, 0.25) is 5.91 Å². The van der Waals surface area contributed by atoms with Gasteiger partial charge in [0.15, 0.2) is 0 Å². The summed E-state index contributed by atoms with van der Waals surface area (Å²) >= 11 is 4.79. The number of nitrogens with zero attached hydrogens (tertiary/aromatic N) is 1. The summed E-state index contributed by atoms with van der Waals surface area (Å²) in [5.41, 5.74) is 0. The van der Waals surface area contributed by atoms with Gasteiger partial charge in [0.05, 0.1) is 10.3 Å². The number of amides is 1. The predicted molar refractivity (Wildman–Crippen MR) is 70.6 cm³/mol. The minimum absolute atomic E-state index is 0.0663. The maximum absolute atomic E-state index is 11.6. The van der Waals surface area contributed by atoms with Crippen molar-refractivity contribution < 1.29 is 4.79 Å². The molecule has 16 heavy (non-hydrogen) atoms. The van der Waals surface area contributed by atoms with Crippen LogP contribution in [-0.2, 0) is 4.79 Å². The Morgan fingerprint density at radius 1 is 1.62 bits per heavy atom. The van der Waals surface area contributed by atoms with Gasteiger partial charge in [-0.15, -0.1) is 0 Å². The van der Waals surface area contributed by atoms with Crippen molar-refractivity contribution >= 4 is 33.6 Å². The van der Waals surface area contributed by atoms with Crippen LogP contribution in [0.5, 0.6) is 0 Å². The molecule has 0 fully saturated rings. The average Bonchev–Trinajstić information content (AvgIpc) is 2.29. The zero-order valence-electron chi connectivity index (χ0n) is 9.37. The van der Waals surface area contributed by atoms with E-state index in [0.29, 0.717) is 0 Å². The van der Waals surface area contributed by atoms with Crippen molar-refractivity contribution in [2.75, 3.05) is 6.54 Å². The zero-order valence-corrected chi connectivity index (χ0v) is 11.8. The molecule has 1 aromatic heterocycles. The molecule has 1 atom stereocenters. The second-order valence-corrected chi connectivity index (χ2v) is 5.64. The molecule has 1 rings (SSSR count). The maximum atomic E-state index is 11.6. The summed E-state index contributed by atoms with van der Waals surface area (Å²) in [6.07, 6.45) is 2.69. The molecule has 0 aliphatic heterocycles. The predicted octanol–water partition coefficient (Wildman–Crippen LogP) is 2.85. The van der Waals surface area contributed by atoms with Crippen LogP contribution in [0.3, 0.4) is 0 Å². The quantitative estimate of drug-likeness (QED) is 0.851. The number of nitrogens with one attached hydrogen (secondary N) is 1. The molecule has 0 aliphatic carbocycles. The topological polar surface area (TPSA) is 42.0 Å². The van der Waals surface area contributed by atoms with Crippen LogP contribution in [0.2, 0.25) is 0 Å². The van der Waals surface area contributed by atoms with Crippen molar-refractivity contribution in [3.05, 3.63) is 22.8 Å². The Kier molecular flexibility index (Phi) is 5.84. The fraction of sp³-hybridized carbons (Fsp3) is 0.455. The summed E-state index contributed by atoms with van der Waals surface area (Å²) in [6, 6.07) is 3.82. The molecule has 88 valence electrons. The van der Waals surface area contributed by atoms with Crippen LogP contribution in [0.15, 0.2) is 27.8 Å². The van der Waals surface area contributed by atoms with E-state index in [0.717, 1.165) is 22.5 Å². The zero-order chi connectivity index (χ0) is 12.0. The Bertz CT molecular complexity index is 342. The van der Waals surface area contributed by atoms with Crippen LogP contribution in [0, 0.1) is 0 Å². The number of rotatable bonds is 5. The van der Waals surface area contributed by atoms with Crippen LogP contribution < -0.4 is 5.32 Å². The molecule has 0 aromatic carbocycles. The number of halogens is 1. The Balaban J connectivity index is 2.47. The van der Waals surface area contributed by atoms with Crippen molar-refractivity contribution in [2.24, 2.45) is 0 Å². The first-order valence-corrected chi connectivity index (χ1v) is 6.86. The Morgan fingerprint density at radius 3 is 2.94 bits per heavy atom. The van der Waals surface area contributed by atoms with E-state index in [1.165, 1.54) is 11.8 Å². The summed E-state index contributed by atoms with van der Waals surface area (Å²) in [5.74, 6) is 0.0663. The number of hydrogen-bond donors (Lipinski definition) is 1. The van der Waals surface area contributed by atoms with E-state index in [2.05, 4.69) is 26.2 Å². The summed E-state index contributed by atoms with van der Waals surface area (Å²) in [7, 11) is 0. The third kappa shape index (κ3) is 4.53. The number of thioether (sulfide) groups is 1. The van der Waals surface area contributed by atoms with Crippen molar-refractivity contribution in [1.82, 2.24) is 10.3 Å². The van der Waals surface area contributed by atoms with E-state index in [9.17, 15) is 4.79 Å².